The van der Waals surface area contributed by atoms with E-state index in [0.717, 1.165) is 31.7 Å². The lowest BCUT2D eigenvalue weighted by atomic mass is 10.0. The molecule has 1 atom stereocenters. The van der Waals surface area contributed by atoms with Crippen LogP contribution in [0.5, 0.6) is 0 Å². The zero-order chi connectivity index (χ0) is 18.7. The van der Waals surface area contributed by atoms with Gasteiger partial charge in [-0.05, 0) is 40.0 Å². The summed E-state index contributed by atoms with van der Waals surface area (Å²) in [5.74, 6) is 0.0997. The number of carbonyl (C=O) groups excluding carboxylic acids is 1. The molecular formula is C16H23F3N4O2. The van der Waals surface area contributed by atoms with Crippen LogP contribution < -0.4 is 5.32 Å². The number of nitrogens with zero attached hydrogens (tertiary/aromatic N) is 3. The molecule has 1 aliphatic rings. The van der Waals surface area contributed by atoms with Gasteiger partial charge in [-0.2, -0.15) is 13.2 Å². The summed E-state index contributed by atoms with van der Waals surface area (Å²) in [5.41, 5.74) is -1.48. The molecule has 2 heterocycles. The quantitative estimate of drug-likeness (QED) is 0.890. The minimum absolute atomic E-state index is 0.0997. The first-order chi connectivity index (χ1) is 11.6. The number of alkyl halides is 3. The summed E-state index contributed by atoms with van der Waals surface area (Å²) < 4.78 is 43.0. The van der Waals surface area contributed by atoms with Crippen LogP contribution in [0, 0.1) is 0 Å². The first kappa shape index (κ1) is 19.3. The average molecular weight is 360 g/mol. The van der Waals surface area contributed by atoms with Crippen molar-refractivity contribution < 1.29 is 22.7 Å². The van der Waals surface area contributed by atoms with Crippen LogP contribution in [-0.2, 0) is 10.9 Å². The van der Waals surface area contributed by atoms with Gasteiger partial charge in [-0.25, -0.2) is 14.8 Å². The number of aromatic nitrogens is 2. The second-order valence-corrected chi connectivity index (χ2v) is 7.00. The minimum Gasteiger partial charge on any atom is -0.444 e. The molecule has 2 rings (SSSR count). The van der Waals surface area contributed by atoms with Gasteiger partial charge in [-0.15, -0.1) is 0 Å². The van der Waals surface area contributed by atoms with Crippen LogP contribution in [0.25, 0.3) is 0 Å². The minimum atomic E-state index is -4.46. The Morgan fingerprint density at radius 3 is 2.48 bits per heavy atom. The summed E-state index contributed by atoms with van der Waals surface area (Å²) in [7, 11) is 0. The molecule has 1 aromatic heterocycles. The molecule has 0 radical (unpaired) electrons. The van der Waals surface area contributed by atoms with Crippen molar-refractivity contribution in [1.82, 2.24) is 14.9 Å². The van der Waals surface area contributed by atoms with Crippen LogP contribution in [0.4, 0.5) is 23.9 Å². The fourth-order valence-electron chi connectivity index (χ4n) is 2.55. The van der Waals surface area contributed by atoms with E-state index in [2.05, 4.69) is 15.3 Å². The Kier molecular flexibility index (Phi) is 5.74. The van der Waals surface area contributed by atoms with Crippen molar-refractivity contribution in [2.45, 2.75) is 57.9 Å². The van der Waals surface area contributed by atoms with Crippen LogP contribution >= 0.6 is 0 Å². The molecule has 1 unspecified atom stereocenters. The number of ether oxygens (including phenoxy) is 1. The first-order valence-electron chi connectivity index (χ1n) is 8.19. The third kappa shape index (κ3) is 5.75. The van der Waals surface area contributed by atoms with Crippen molar-refractivity contribution in [2.24, 2.45) is 0 Å². The molecule has 0 aliphatic carbocycles. The highest BCUT2D eigenvalue weighted by Crippen LogP contribution is 2.28. The molecule has 0 bridgehead atoms. The Hall–Kier alpha value is -2.06. The average Bonchev–Trinajstić information content (AvgIpc) is 2.51. The Morgan fingerprint density at radius 2 is 1.92 bits per heavy atom. The van der Waals surface area contributed by atoms with Crippen molar-refractivity contribution in [3.05, 3.63) is 18.0 Å². The number of anilines is 1. The number of amides is 1. The maximum absolute atomic E-state index is 12.5. The fraction of sp³-hybridized carbons (Fsp3) is 0.688. The van der Waals surface area contributed by atoms with Crippen molar-refractivity contribution in [1.29, 1.82) is 0 Å². The standard InChI is InChI=1S/C16H23F3N4O2/c1-15(2,3)25-14(24)23-7-5-4-6-12(23)10-22-13-20-8-11(9-21-13)16(17,18)19/h8-9,12H,4-7,10H2,1-3H3,(H,20,21,22). The van der Waals surface area contributed by atoms with E-state index in [-0.39, 0.29) is 18.1 Å². The zero-order valence-corrected chi connectivity index (χ0v) is 14.6. The lowest BCUT2D eigenvalue weighted by molar-refractivity contribution is -0.138. The predicted molar refractivity (Wildman–Crippen MR) is 86.1 cm³/mol. The van der Waals surface area contributed by atoms with E-state index in [0.29, 0.717) is 13.1 Å². The monoisotopic (exact) mass is 360 g/mol. The molecule has 1 aliphatic heterocycles. The molecule has 1 aromatic rings. The third-order valence-electron chi connectivity index (χ3n) is 3.73. The van der Waals surface area contributed by atoms with Gasteiger partial charge in [0.05, 0.1) is 11.6 Å². The van der Waals surface area contributed by atoms with E-state index in [1.54, 1.807) is 25.7 Å². The number of piperidine rings is 1. The SMILES string of the molecule is CC(C)(C)OC(=O)N1CCCCC1CNc1ncc(C(F)(F)F)cn1. The highest BCUT2D eigenvalue weighted by atomic mass is 19.4. The van der Waals surface area contributed by atoms with Gasteiger partial charge in [-0.3, -0.25) is 0 Å². The van der Waals surface area contributed by atoms with Gasteiger partial charge < -0.3 is 15.0 Å². The topological polar surface area (TPSA) is 67.3 Å². The number of carbonyl (C=O) groups is 1. The predicted octanol–water partition coefficient (Wildman–Crippen LogP) is 3.70. The van der Waals surface area contributed by atoms with Gasteiger partial charge in [-0.1, -0.05) is 0 Å². The zero-order valence-electron chi connectivity index (χ0n) is 14.6. The summed E-state index contributed by atoms with van der Waals surface area (Å²) in [4.78, 5) is 21.3. The van der Waals surface area contributed by atoms with Crippen LogP contribution in [-0.4, -0.2) is 45.7 Å². The lowest BCUT2D eigenvalue weighted by Crippen LogP contribution is -2.49. The second-order valence-electron chi connectivity index (χ2n) is 7.00. The van der Waals surface area contributed by atoms with Crippen LogP contribution in [0.1, 0.15) is 45.6 Å². The maximum atomic E-state index is 12.5. The summed E-state index contributed by atoms with van der Waals surface area (Å²) in [5, 5.41) is 2.90. The molecular weight excluding hydrogens is 337 g/mol. The van der Waals surface area contributed by atoms with Crippen molar-refractivity contribution in [3.63, 3.8) is 0 Å². The molecule has 0 spiro atoms. The molecule has 25 heavy (non-hydrogen) atoms. The summed E-state index contributed by atoms with van der Waals surface area (Å²) in [6.45, 7) is 6.36. The maximum Gasteiger partial charge on any atom is 0.419 e. The van der Waals surface area contributed by atoms with Crippen LogP contribution in [0.3, 0.4) is 0 Å². The van der Waals surface area contributed by atoms with Crippen LogP contribution in [0.15, 0.2) is 12.4 Å². The first-order valence-corrected chi connectivity index (χ1v) is 8.19. The van der Waals surface area contributed by atoms with E-state index in [9.17, 15) is 18.0 Å². The van der Waals surface area contributed by atoms with Gasteiger partial charge in [0.15, 0.2) is 0 Å². The molecule has 6 nitrogen and oxygen atoms in total. The molecule has 1 saturated heterocycles. The van der Waals surface area contributed by atoms with Crippen molar-refractivity contribution >= 4 is 12.0 Å². The number of hydrogen-bond acceptors (Lipinski definition) is 5. The summed E-state index contributed by atoms with van der Waals surface area (Å²) >= 11 is 0. The second kappa shape index (κ2) is 7.45. The van der Waals surface area contributed by atoms with Gasteiger partial charge in [0.25, 0.3) is 0 Å². The molecule has 140 valence electrons. The van der Waals surface area contributed by atoms with Gasteiger partial charge in [0.2, 0.25) is 5.95 Å². The van der Waals surface area contributed by atoms with E-state index < -0.39 is 17.3 Å². The smallest absolute Gasteiger partial charge is 0.419 e. The van der Waals surface area contributed by atoms with E-state index in [4.69, 9.17) is 4.74 Å². The largest absolute Gasteiger partial charge is 0.444 e. The highest BCUT2D eigenvalue weighted by molar-refractivity contribution is 5.68. The van der Waals surface area contributed by atoms with E-state index >= 15 is 0 Å². The van der Waals surface area contributed by atoms with Gasteiger partial charge in [0.1, 0.15) is 5.60 Å². The number of likely N-dealkylation sites (tertiary alicyclic amines) is 1. The van der Waals surface area contributed by atoms with E-state index in [1.165, 1.54) is 0 Å². The van der Waals surface area contributed by atoms with Crippen molar-refractivity contribution in [3.8, 4) is 0 Å². The Balaban J connectivity index is 1.96. The molecule has 0 aromatic carbocycles. The Morgan fingerprint density at radius 1 is 1.28 bits per heavy atom. The van der Waals surface area contributed by atoms with E-state index in [1.807, 2.05) is 0 Å². The number of hydrogen-bond donors (Lipinski definition) is 1. The molecule has 1 fully saturated rings. The Bertz CT molecular complexity index is 585. The third-order valence-corrected chi connectivity index (χ3v) is 3.73. The number of nitrogens with one attached hydrogen (secondary N) is 1. The normalized spacial score (nSPS) is 18.8. The van der Waals surface area contributed by atoms with Gasteiger partial charge in [0, 0.05) is 25.5 Å². The lowest BCUT2D eigenvalue weighted by Gasteiger charge is -2.36. The number of halogens is 3. The molecule has 9 heteroatoms. The molecule has 1 amide bonds. The highest BCUT2D eigenvalue weighted by Gasteiger charge is 2.32. The molecule has 1 N–H and O–H groups in total. The Labute approximate surface area is 144 Å². The summed E-state index contributed by atoms with van der Waals surface area (Å²) in [6, 6.07) is -0.116. The van der Waals surface area contributed by atoms with Gasteiger partial charge >= 0.3 is 12.3 Å². The molecule has 0 saturated carbocycles. The van der Waals surface area contributed by atoms with Crippen molar-refractivity contribution in [2.75, 3.05) is 18.4 Å². The fourth-order valence-corrected chi connectivity index (χ4v) is 2.55. The number of rotatable bonds is 3. The summed E-state index contributed by atoms with van der Waals surface area (Å²) in [6.07, 6.45) is -0.717. The van der Waals surface area contributed by atoms with Crippen LogP contribution in [0.2, 0.25) is 0 Å².